The second-order valence-electron chi connectivity index (χ2n) is 5.48. The fourth-order valence-electron chi connectivity index (χ4n) is 2.36. The fourth-order valence-corrected chi connectivity index (χ4v) is 3.64. The molecule has 0 N–H and O–H groups in total. The molecule has 1 aromatic heterocycles. The molecule has 0 aliphatic rings. The van der Waals surface area contributed by atoms with Gasteiger partial charge < -0.3 is 0 Å². The number of pyridine rings is 1. The van der Waals surface area contributed by atoms with Crippen LogP contribution in [0.4, 0.5) is 0 Å². The monoisotopic (exact) mass is 314 g/mol. The van der Waals surface area contributed by atoms with E-state index in [1.807, 2.05) is 13.8 Å². The van der Waals surface area contributed by atoms with Crippen molar-refractivity contribution in [2.75, 3.05) is 0 Å². The van der Waals surface area contributed by atoms with Gasteiger partial charge in [0, 0.05) is 24.7 Å². The molecule has 0 aliphatic carbocycles. The lowest BCUT2D eigenvalue weighted by Crippen LogP contribution is -2.09. The van der Waals surface area contributed by atoms with Crippen LogP contribution < -0.4 is 0 Å². The SMILES string of the molecule is CC(C)C(CC#N)c1cncc(S(=O)(=O)c2ccccc2)c1. The van der Waals surface area contributed by atoms with Crippen LogP contribution in [0.3, 0.4) is 0 Å². The number of aromatic nitrogens is 1. The highest BCUT2D eigenvalue weighted by Crippen LogP contribution is 2.29. The van der Waals surface area contributed by atoms with Crippen LogP contribution in [0.1, 0.15) is 31.7 Å². The van der Waals surface area contributed by atoms with E-state index in [9.17, 15) is 8.42 Å². The van der Waals surface area contributed by atoms with E-state index in [1.165, 1.54) is 6.20 Å². The molecule has 22 heavy (non-hydrogen) atoms. The Kier molecular flexibility index (Phi) is 4.94. The maximum absolute atomic E-state index is 12.6. The first-order chi connectivity index (χ1) is 10.5. The summed E-state index contributed by atoms with van der Waals surface area (Å²) in [5, 5.41) is 8.97. The summed E-state index contributed by atoms with van der Waals surface area (Å²) in [4.78, 5) is 4.49. The highest BCUT2D eigenvalue weighted by atomic mass is 32.2. The molecular weight excluding hydrogens is 296 g/mol. The van der Waals surface area contributed by atoms with Gasteiger partial charge in [-0.15, -0.1) is 0 Å². The molecule has 1 heterocycles. The Balaban J connectivity index is 2.47. The molecule has 0 aliphatic heterocycles. The van der Waals surface area contributed by atoms with Gasteiger partial charge in [0.05, 0.1) is 15.9 Å². The molecule has 114 valence electrons. The molecular formula is C17H18N2O2S. The Morgan fingerprint density at radius 1 is 1.14 bits per heavy atom. The van der Waals surface area contributed by atoms with Crippen LogP contribution in [0.25, 0.3) is 0 Å². The van der Waals surface area contributed by atoms with Crippen LogP contribution in [-0.2, 0) is 9.84 Å². The first-order valence-corrected chi connectivity index (χ1v) is 8.57. The minimum Gasteiger partial charge on any atom is -0.263 e. The van der Waals surface area contributed by atoms with Gasteiger partial charge in [0.15, 0.2) is 0 Å². The van der Waals surface area contributed by atoms with Crippen molar-refractivity contribution < 1.29 is 8.42 Å². The van der Waals surface area contributed by atoms with Crippen LogP contribution in [0.5, 0.6) is 0 Å². The standard InChI is InChI=1S/C17H18N2O2S/c1-13(2)17(8-9-18)14-10-16(12-19-11-14)22(20,21)15-6-4-3-5-7-15/h3-7,10-13,17H,8H2,1-2H3. The van der Waals surface area contributed by atoms with Crippen LogP contribution in [0, 0.1) is 17.2 Å². The van der Waals surface area contributed by atoms with Gasteiger partial charge in [0.25, 0.3) is 0 Å². The average molecular weight is 314 g/mol. The maximum Gasteiger partial charge on any atom is 0.208 e. The summed E-state index contributed by atoms with van der Waals surface area (Å²) < 4.78 is 25.3. The number of hydrogen-bond donors (Lipinski definition) is 0. The van der Waals surface area contributed by atoms with E-state index >= 15 is 0 Å². The van der Waals surface area contributed by atoms with Gasteiger partial charge in [-0.25, -0.2) is 8.42 Å². The lowest BCUT2D eigenvalue weighted by Gasteiger charge is -2.18. The van der Waals surface area contributed by atoms with Crippen LogP contribution in [0.2, 0.25) is 0 Å². The molecule has 0 spiro atoms. The number of rotatable bonds is 5. The van der Waals surface area contributed by atoms with Gasteiger partial charge in [-0.2, -0.15) is 5.26 Å². The number of hydrogen-bond acceptors (Lipinski definition) is 4. The zero-order chi connectivity index (χ0) is 16.2. The molecule has 1 unspecified atom stereocenters. The zero-order valence-electron chi connectivity index (χ0n) is 12.6. The van der Waals surface area contributed by atoms with Crippen LogP contribution in [-0.4, -0.2) is 13.4 Å². The second kappa shape index (κ2) is 6.71. The zero-order valence-corrected chi connectivity index (χ0v) is 13.4. The first kappa shape index (κ1) is 16.2. The smallest absolute Gasteiger partial charge is 0.208 e. The van der Waals surface area contributed by atoms with Crippen molar-refractivity contribution in [2.24, 2.45) is 5.92 Å². The third-order valence-electron chi connectivity index (χ3n) is 3.64. The van der Waals surface area contributed by atoms with Crippen molar-refractivity contribution >= 4 is 9.84 Å². The highest BCUT2D eigenvalue weighted by molar-refractivity contribution is 7.91. The van der Waals surface area contributed by atoms with Crippen LogP contribution >= 0.6 is 0 Å². The summed E-state index contributed by atoms with van der Waals surface area (Å²) in [6.07, 6.45) is 3.34. The molecule has 1 aromatic carbocycles. The van der Waals surface area contributed by atoms with E-state index in [-0.39, 0.29) is 21.6 Å². The fraction of sp³-hybridized carbons (Fsp3) is 0.294. The summed E-state index contributed by atoms with van der Waals surface area (Å²) in [7, 11) is -3.58. The largest absolute Gasteiger partial charge is 0.263 e. The molecule has 0 saturated carbocycles. The predicted molar refractivity (Wildman–Crippen MR) is 83.9 cm³/mol. The number of sulfone groups is 1. The number of benzene rings is 1. The lowest BCUT2D eigenvalue weighted by molar-refractivity contribution is 0.503. The lowest BCUT2D eigenvalue weighted by atomic mass is 9.87. The molecule has 2 rings (SSSR count). The summed E-state index contributed by atoms with van der Waals surface area (Å²) in [6, 6.07) is 12.1. The van der Waals surface area contributed by atoms with E-state index in [0.29, 0.717) is 6.42 Å². The quantitative estimate of drug-likeness (QED) is 0.846. The highest BCUT2D eigenvalue weighted by Gasteiger charge is 2.21. The normalized spacial score (nSPS) is 12.8. The Morgan fingerprint density at radius 3 is 2.41 bits per heavy atom. The molecule has 1 atom stereocenters. The molecule has 0 saturated heterocycles. The molecule has 4 nitrogen and oxygen atoms in total. The Hall–Kier alpha value is -2.19. The summed E-state index contributed by atoms with van der Waals surface area (Å²) in [5.74, 6) is 0.208. The van der Waals surface area contributed by atoms with Gasteiger partial charge >= 0.3 is 0 Å². The van der Waals surface area contributed by atoms with E-state index < -0.39 is 9.84 Å². The molecule has 0 radical (unpaired) electrons. The Bertz CT molecular complexity index is 778. The second-order valence-corrected chi connectivity index (χ2v) is 7.43. The van der Waals surface area contributed by atoms with Crippen molar-refractivity contribution in [1.29, 1.82) is 5.26 Å². The van der Waals surface area contributed by atoms with Gasteiger partial charge in [0.1, 0.15) is 0 Å². The molecule has 2 aromatic rings. The third-order valence-corrected chi connectivity index (χ3v) is 5.38. The van der Waals surface area contributed by atoms with E-state index in [2.05, 4.69) is 11.1 Å². The van der Waals surface area contributed by atoms with Gasteiger partial charge in [-0.1, -0.05) is 32.0 Å². The number of nitrogens with zero attached hydrogens (tertiary/aromatic N) is 2. The summed E-state index contributed by atoms with van der Waals surface area (Å²) >= 11 is 0. The van der Waals surface area contributed by atoms with Crippen molar-refractivity contribution in [3.63, 3.8) is 0 Å². The van der Waals surface area contributed by atoms with Gasteiger partial charge in [0.2, 0.25) is 9.84 Å². The average Bonchev–Trinajstić information content (AvgIpc) is 2.53. The minimum atomic E-state index is -3.58. The van der Waals surface area contributed by atoms with Crippen molar-refractivity contribution in [3.8, 4) is 6.07 Å². The van der Waals surface area contributed by atoms with Crippen molar-refractivity contribution in [2.45, 2.75) is 36.0 Å². The van der Waals surface area contributed by atoms with E-state index in [4.69, 9.17) is 5.26 Å². The maximum atomic E-state index is 12.6. The summed E-state index contributed by atoms with van der Waals surface area (Å²) in [6.45, 7) is 4.03. The molecule has 0 bridgehead atoms. The van der Waals surface area contributed by atoms with Gasteiger partial charge in [-0.05, 0) is 29.7 Å². The van der Waals surface area contributed by atoms with Crippen molar-refractivity contribution in [3.05, 3.63) is 54.4 Å². The van der Waals surface area contributed by atoms with E-state index in [0.717, 1.165) is 5.56 Å². The summed E-state index contributed by atoms with van der Waals surface area (Å²) in [5.41, 5.74) is 0.786. The third kappa shape index (κ3) is 3.34. The van der Waals surface area contributed by atoms with Crippen molar-refractivity contribution in [1.82, 2.24) is 4.98 Å². The minimum absolute atomic E-state index is 0.0246. The first-order valence-electron chi connectivity index (χ1n) is 7.09. The topological polar surface area (TPSA) is 70.8 Å². The predicted octanol–water partition coefficient (Wildman–Crippen LogP) is 3.57. The van der Waals surface area contributed by atoms with E-state index in [1.54, 1.807) is 42.6 Å². The Labute approximate surface area is 131 Å². The Morgan fingerprint density at radius 2 is 1.82 bits per heavy atom. The molecule has 0 amide bonds. The number of nitriles is 1. The van der Waals surface area contributed by atoms with Gasteiger partial charge in [-0.3, -0.25) is 4.98 Å². The molecule has 0 fully saturated rings. The van der Waals surface area contributed by atoms with Crippen LogP contribution in [0.15, 0.2) is 58.6 Å². The molecule has 5 heteroatoms.